The number of hydrogen-bond acceptors (Lipinski definition) is 4. The van der Waals surface area contributed by atoms with Gasteiger partial charge >= 0.3 is 0 Å². The molecule has 0 bridgehead atoms. The van der Waals surface area contributed by atoms with Crippen molar-refractivity contribution in [3.05, 3.63) is 59.9 Å². The molecule has 0 spiro atoms. The number of carbonyl (C=O) groups is 3. The zero-order valence-electron chi connectivity index (χ0n) is 17.2. The lowest BCUT2D eigenvalue weighted by atomic mass is 10.1. The molecule has 2 saturated heterocycles. The first kappa shape index (κ1) is 21.0. The molecule has 0 aromatic heterocycles. The number of carbonyl (C=O) groups excluding carboxylic acids is 3. The zero-order valence-corrected chi connectivity index (χ0v) is 17.2. The molecule has 0 unspecified atom stereocenters. The van der Waals surface area contributed by atoms with E-state index >= 15 is 0 Å². The summed E-state index contributed by atoms with van der Waals surface area (Å²) in [5.74, 6) is -0.440. The highest BCUT2D eigenvalue weighted by Gasteiger charge is 2.25. The van der Waals surface area contributed by atoms with Gasteiger partial charge in [-0.2, -0.15) is 0 Å². The average Bonchev–Trinajstić information content (AvgIpc) is 3.21. The summed E-state index contributed by atoms with van der Waals surface area (Å²) in [5.41, 5.74) is 1.98. The lowest BCUT2D eigenvalue weighted by molar-refractivity contribution is -0.118. The van der Waals surface area contributed by atoms with Crippen LogP contribution >= 0.6 is 0 Å². The molecule has 1 N–H and O–H groups in total. The zero-order chi connectivity index (χ0) is 21.8. The molecule has 2 aliphatic rings. The molecule has 4 rings (SSSR count). The minimum absolute atomic E-state index is 0.0466. The van der Waals surface area contributed by atoms with Crippen LogP contribution in [0.15, 0.2) is 48.5 Å². The Bertz CT molecular complexity index is 954. The van der Waals surface area contributed by atoms with E-state index < -0.39 is 0 Å². The molecule has 2 heterocycles. The number of hydrogen-bond donors (Lipinski definition) is 1. The van der Waals surface area contributed by atoms with Crippen molar-refractivity contribution in [3.63, 3.8) is 0 Å². The van der Waals surface area contributed by atoms with Gasteiger partial charge in [0.2, 0.25) is 11.8 Å². The van der Waals surface area contributed by atoms with Gasteiger partial charge in [-0.25, -0.2) is 4.39 Å². The molecule has 7 nitrogen and oxygen atoms in total. The average molecular weight is 424 g/mol. The van der Waals surface area contributed by atoms with E-state index in [9.17, 15) is 18.8 Å². The number of piperazine rings is 1. The molecule has 2 aliphatic heterocycles. The Morgan fingerprint density at radius 3 is 2.19 bits per heavy atom. The van der Waals surface area contributed by atoms with E-state index in [-0.39, 0.29) is 30.1 Å². The lowest BCUT2D eigenvalue weighted by Gasteiger charge is -2.34. The minimum Gasteiger partial charge on any atom is -0.336 e. The van der Waals surface area contributed by atoms with E-state index in [4.69, 9.17) is 0 Å². The Balaban J connectivity index is 1.26. The van der Waals surface area contributed by atoms with Crippen LogP contribution in [0.25, 0.3) is 0 Å². The van der Waals surface area contributed by atoms with Crippen LogP contribution in [0.2, 0.25) is 0 Å². The predicted octanol–water partition coefficient (Wildman–Crippen LogP) is 2.35. The van der Waals surface area contributed by atoms with Crippen LogP contribution in [0.1, 0.15) is 23.2 Å². The van der Waals surface area contributed by atoms with Gasteiger partial charge in [0.15, 0.2) is 0 Å². The van der Waals surface area contributed by atoms with Gasteiger partial charge in [-0.1, -0.05) is 0 Å². The lowest BCUT2D eigenvalue weighted by Crippen LogP contribution is -2.50. The maximum absolute atomic E-state index is 13.0. The molecule has 162 valence electrons. The molecule has 8 heteroatoms. The number of halogens is 1. The van der Waals surface area contributed by atoms with E-state index in [1.807, 2.05) is 17.0 Å². The first-order chi connectivity index (χ1) is 15.0. The topological polar surface area (TPSA) is 73.0 Å². The molecule has 0 atom stereocenters. The van der Waals surface area contributed by atoms with Crippen molar-refractivity contribution in [1.29, 1.82) is 0 Å². The van der Waals surface area contributed by atoms with Crippen LogP contribution in [-0.2, 0) is 9.59 Å². The van der Waals surface area contributed by atoms with Gasteiger partial charge in [-0.05, 0) is 55.0 Å². The number of nitrogens with one attached hydrogen (secondary N) is 1. The molecule has 2 aromatic carbocycles. The second-order valence-corrected chi connectivity index (χ2v) is 7.82. The van der Waals surface area contributed by atoms with Gasteiger partial charge in [-0.3, -0.25) is 19.3 Å². The highest BCUT2D eigenvalue weighted by atomic mass is 19.1. The molecule has 2 fully saturated rings. The molecule has 0 radical (unpaired) electrons. The number of rotatable bonds is 5. The Labute approximate surface area is 180 Å². The second-order valence-electron chi connectivity index (χ2n) is 7.82. The Kier molecular flexibility index (Phi) is 6.27. The number of anilines is 2. The standard InChI is InChI=1S/C23H25FN4O3/c24-18-5-7-19(8-6-18)25-21(29)16-26-12-14-27(15-13-26)23(31)17-3-9-20(10-4-17)28-11-1-2-22(28)30/h3-10H,1-2,11-16H2,(H,25,29). The van der Waals surface area contributed by atoms with Crippen molar-refractivity contribution in [2.45, 2.75) is 12.8 Å². The fraction of sp³-hybridized carbons (Fsp3) is 0.348. The van der Waals surface area contributed by atoms with Crippen LogP contribution in [0.3, 0.4) is 0 Å². The molecule has 2 aromatic rings. The summed E-state index contributed by atoms with van der Waals surface area (Å²) < 4.78 is 13.0. The van der Waals surface area contributed by atoms with Crippen molar-refractivity contribution in [2.24, 2.45) is 0 Å². The fourth-order valence-corrected chi connectivity index (χ4v) is 3.93. The normalized spacial score (nSPS) is 17.1. The van der Waals surface area contributed by atoms with Gasteiger partial charge in [-0.15, -0.1) is 0 Å². The third kappa shape index (κ3) is 5.08. The van der Waals surface area contributed by atoms with E-state index in [0.717, 1.165) is 18.7 Å². The minimum atomic E-state index is -0.349. The van der Waals surface area contributed by atoms with Crippen molar-refractivity contribution in [3.8, 4) is 0 Å². The van der Waals surface area contributed by atoms with Gasteiger partial charge in [0.25, 0.3) is 5.91 Å². The van der Waals surface area contributed by atoms with Crippen molar-refractivity contribution in [2.75, 3.05) is 49.5 Å². The third-order valence-corrected chi connectivity index (χ3v) is 5.65. The predicted molar refractivity (Wildman–Crippen MR) is 115 cm³/mol. The molecule has 0 aliphatic carbocycles. The van der Waals surface area contributed by atoms with E-state index in [1.165, 1.54) is 24.3 Å². The third-order valence-electron chi connectivity index (χ3n) is 5.65. The number of nitrogens with zero attached hydrogens (tertiary/aromatic N) is 3. The van der Waals surface area contributed by atoms with Gasteiger partial charge in [0, 0.05) is 56.1 Å². The smallest absolute Gasteiger partial charge is 0.253 e. The molecule has 31 heavy (non-hydrogen) atoms. The summed E-state index contributed by atoms with van der Waals surface area (Å²) in [6.07, 6.45) is 1.44. The molecule has 0 saturated carbocycles. The number of amides is 3. The Morgan fingerprint density at radius 2 is 1.58 bits per heavy atom. The summed E-state index contributed by atoms with van der Waals surface area (Å²) >= 11 is 0. The van der Waals surface area contributed by atoms with Crippen LogP contribution in [0.5, 0.6) is 0 Å². The number of benzene rings is 2. The van der Waals surface area contributed by atoms with Crippen molar-refractivity contribution >= 4 is 29.1 Å². The van der Waals surface area contributed by atoms with Gasteiger partial charge in [0.05, 0.1) is 6.54 Å². The van der Waals surface area contributed by atoms with Crippen LogP contribution in [0, 0.1) is 5.82 Å². The monoisotopic (exact) mass is 424 g/mol. The Hall–Kier alpha value is -3.26. The van der Waals surface area contributed by atoms with E-state index in [0.29, 0.717) is 43.9 Å². The SMILES string of the molecule is O=C(CN1CCN(C(=O)c2ccc(N3CCCC3=O)cc2)CC1)Nc1ccc(F)cc1. The Morgan fingerprint density at radius 1 is 0.903 bits per heavy atom. The summed E-state index contributed by atoms with van der Waals surface area (Å²) in [5, 5.41) is 2.75. The fourth-order valence-electron chi connectivity index (χ4n) is 3.93. The molecule has 3 amide bonds. The van der Waals surface area contributed by atoms with Gasteiger partial charge in [0.1, 0.15) is 5.82 Å². The van der Waals surface area contributed by atoms with Crippen LogP contribution < -0.4 is 10.2 Å². The molecular weight excluding hydrogens is 399 g/mol. The van der Waals surface area contributed by atoms with Crippen LogP contribution in [-0.4, -0.2) is 66.8 Å². The summed E-state index contributed by atoms with van der Waals surface area (Å²) in [6, 6.07) is 12.8. The van der Waals surface area contributed by atoms with Crippen molar-refractivity contribution < 1.29 is 18.8 Å². The van der Waals surface area contributed by atoms with E-state index in [2.05, 4.69) is 5.32 Å². The van der Waals surface area contributed by atoms with Crippen molar-refractivity contribution in [1.82, 2.24) is 9.80 Å². The van der Waals surface area contributed by atoms with Gasteiger partial charge < -0.3 is 15.1 Å². The highest BCUT2D eigenvalue weighted by Crippen LogP contribution is 2.22. The maximum atomic E-state index is 13.0. The summed E-state index contributed by atoms with van der Waals surface area (Å²) in [4.78, 5) is 42.4. The van der Waals surface area contributed by atoms with E-state index in [1.54, 1.807) is 21.9 Å². The van der Waals surface area contributed by atoms with Crippen LogP contribution in [0.4, 0.5) is 15.8 Å². The largest absolute Gasteiger partial charge is 0.336 e. The first-order valence-electron chi connectivity index (χ1n) is 10.5. The second kappa shape index (κ2) is 9.26. The summed E-state index contributed by atoms with van der Waals surface area (Å²) in [7, 11) is 0. The molecular formula is C23H25FN4O3. The summed E-state index contributed by atoms with van der Waals surface area (Å²) in [6.45, 7) is 3.22. The first-order valence-corrected chi connectivity index (χ1v) is 10.5. The quantitative estimate of drug-likeness (QED) is 0.800. The highest BCUT2D eigenvalue weighted by molar-refractivity contribution is 5.97. The maximum Gasteiger partial charge on any atom is 0.253 e.